The number of Topliss-reactive ketones (excluding diaryl/α,β-unsaturated/α-hetero) is 1. The molecule has 1 aliphatic carbocycles. The number of rotatable bonds is 8. The van der Waals surface area contributed by atoms with Crippen molar-refractivity contribution in [2.75, 3.05) is 26.1 Å². The molecule has 0 saturated heterocycles. The predicted molar refractivity (Wildman–Crippen MR) is 116 cm³/mol. The molecule has 2 aromatic rings. The van der Waals surface area contributed by atoms with E-state index in [1.54, 1.807) is 21.0 Å². The van der Waals surface area contributed by atoms with Crippen molar-refractivity contribution in [3.8, 4) is 5.75 Å². The molecule has 30 heavy (non-hydrogen) atoms. The van der Waals surface area contributed by atoms with Crippen LogP contribution >= 0.6 is 23.1 Å². The molecule has 1 aromatic carbocycles. The summed E-state index contributed by atoms with van der Waals surface area (Å²) < 4.78 is 16.1. The number of thiophene rings is 1. The van der Waals surface area contributed by atoms with Crippen molar-refractivity contribution >= 4 is 40.8 Å². The lowest BCUT2D eigenvalue weighted by Gasteiger charge is -2.23. The highest BCUT2D eigenvalue weighted by Crippen LogP contribution is 2.44. The van der Waals surface area contributed by atoms with Gasteiger partial charge in [0.15, 0.2) is 5.78 Å². The number of fused-ring (bicyclic) bond motifs is 1. The zero-order chi connectivity index (χ0) is 21.7. The van der Waals surface area contributed by atoms with Gasteiger partial charge in [-0.2, -0.15) is 0 Å². The Balaban J connectivity index is 1.92. The normalized spacial score (nSPS) is 15.4. The summed E-state index contributed by atoms with van der Waals surface area (Å²) in [6.45, 7) is 4.06. The van der Waals surface area contributed by atoms with E-state index < -0.39 is 5.97 Å². The minimum absolute atomic E-state index is 0.0183. The first-order valence-corrected chi connectivity index (χ1v) is 11.6. The third-order valence-corrected chi connectivity index (χ3v) is 7.27. The number of thioether (sulfide) groups is 1. The molecule has 0 aliphatic heterocycles. The van der Waals surface area contributed by atoms with Crippen LogP contribution in [0.4, 0.5) is 0 Å². The molecule has 1 atom stereocenters. The molecule has 0 amide bonds. The van der Waals surface area contributed by atoms with Crippen LogP contribution in [0.25, 0.3) is 0 Å². The summed E-state index contributed by atoms with van der Waals surface area (Å²) in [4.78, 5) is 37.9. The number of methoxy groups -OCH3 is 1. The van der Waals surface area contributed by atoms with Gasteiger partial charge in [0.05, 0.1) is 30.3 Å². The molecule has 6 nitrogen and oxygen atoms in total. The van der Waals surface area contributed by atoms with E-state index in [0.717, 1.165) is 16.9 Å². The Kier molecular flexibility index (Phi) is 7.55. The third-order valence-electron chi connectivity index (χ3n) is 4.81. The van der Waals surface area contributed by atoms with E-state index in [4.69, 9.17) is 14.2 Å². The summed E-state index contributed by atoms with van der Waals surface area (Å²) in [5.74, 6) is 0.0310. The van der Waals surface area contributed by atoms with Gasteiger partial charge in [0, 0.05) is 12.0 Å². The number of benzene rings is 1. The molecule has 0 N–H and O–H groups in total. The van der Waals surface area contributed by atoms with Crippen molar-refractivity contribution in [3.63, 3.8) is 0 Å². The van der Waals surface area contributed by atoms with Gasteiger partial charge in [-0.3, -0.25) is 9.59 Å². The Hall–Kier alpha value is -2.32. The number of carbonyl (C=O) groups excluding carboxylic acids is 3. The molecule has 0 fully saturated rings. The quantitative estimate of drug-likeness (QED) is 0.434. The number of hydrogen-bond donors (Lipinski definition) is 0. The average molecular weight is 449 g/mol. The Labute approximate surface area is 183 Å². The van der Waals surface area contributed by atoms with Crippen LogP contribution in [0.2, 0.25) is 0 Å². The maximum absolute atomic E-state index is 13.1. The van der Waals surface area contributed by atoms with Crippen molar-refractivity contribution < 1.29 is 28.6 Å². The fourth-order valence-corrected chi connectivity index (χ4v) is 5.82. The summed E-state index contributed by atoms with van der Waals surface area (Å²) in [7, 11) is 1.61. The van der Waals surface area contributed by atoms with E-state index in [-0.39, 0.29) is 30.0 Å². The smallest absolute Gasteiger partial charge is 0.348 e. The maximum Gasteiger partial charge on any atom is 0.348 e. The first kappa shape index (κ1) is 22.4. The molecule has 1 aromatic heterocycles. The van der Waals surface area contributed by atoms with Gasteiger partial charge < -0.3 is 14.2 Å². The van der Waals surface area contributed by atoms with Crippen LogP contribution in [0.15, 0.2) is 28.5 Å². The van der Waals surface area contributed by atoms with Crippen LogP contribution in [-0.4, -0.2) is 43.8 Å². The molecule has 3 rings (SSSR count). The highest BCUT2D eigenvalue weighted by Gasteiger charge is 2.35. The maximum atomic E-state index is 13.1. The Morgan fingerprint density at radius 1 is 1.10 bits per heavy atom. The summed E-state index contributed by atoms with van der Waals surface area (Å²) >= 11 is 2.47. The molecule has 1 heterocycles. The fraction of sp³-hybridized carbons (Fsp3) is 0.409. The van der Waals surface area contributed by atoms with Crippen LogP contribution in [0.3, 0.4) is 0 Å². The van der Waals surface area contributed by atoms with Gasteiger partial charge in [-0.1, -0.05) is 12.1 Å². The second-order valence-corrected chi connectivity index (χ2v) is 8.95. The number of esters is 2. The van der Waals surface area contributed by atoms with Gasteiger partial charge in [-0.15, -0.1) is 23.1 Å². The molecule has 8 heteroatoms. The SMILES string of the molecule is CCOC(=O)CSc1sc(C(=O)OCC)c2c1C(=O)CC(c1ccc(OC)cc1)C2. The number of hydrogen-bond acceptors (Lipinski definition) is 8. The van der Waals surface area contributed by atoms with Crippen LogP contribution in [0, 0.1) is 0 Å². The highest BCUT2D eigenvalue weighted by atomic mass is 32.2. The summed E-state index contributed by atoms with van der Waals surface area (Å²) in [5.41, 5.74) is 2.31. The molecule has 0 spiro atoms. The predicted octanol–water partition coefficient (Wildman–Crippen LogP) is 4.50. The van der Waals surface area contributed by atoms with Gasteiger partial charge >= 0.3 is 11.9 Å². The van der Waals surface area contributed by atoms with Crippen LogP contribution < -0.4 is 4.74 Å². The van der Waals surface area contributed by atoms with Crippen molar-refractivity contribution in [1.82, 2.24) is 0 Å². The van der Waals surface area contributed by atoms with Crippen LogP contribution in [0.1, 0.15) is 57.3 Å². The Morgan fingerprint density at radius 3 is 2.43 bits per heavy atom. The van der Waals surface area contributed by atoms with E-state index >= 15 is 0 Å². The van der Waals surface area contributed by atoms with Crippen LogP contribution in [0.5, 0.6) is 5.75 Å². The number of carbonyl (C=O) groups is 3. The lowest BCUT2D eigenvalue weighted by atomic mass is 9.80. The molecule has 160 valence electrons. The zero-order valence-corrected chi connectivity index (χ0v) is 18.8. The summed E-state index contributed by atoms with van der Waals surface area (Å²) in [6, 6.07) is 7.65. The largest absolute Gasteiger partial charge is 0.497 e. The van der Waals surface area contributed by atoms with E-state index in [2.05, 4.69) is 0 Å². The summed E-state index contributed by atoms with van der Waals surface area (Å²) in [6.07, 6.45) is 0.920. The van der Waals surface area contributed by atoms with Crippen molar-refractivity contribution in [1.29, 1.82) is 0 Å². The van der Waals surface area contributed by atoms with Gasteiger partial charge in [-0.25, -0.2) is 4.79 Å². The zero-order valence-electron chi connectivity index (χ0n) is 17.2. The lowest BCUT2D eigenvalue weighted by molar-refractivity contribution is -0.139. The monoisotopic (exact) mass is 448 g/mol. The standard InChI is InChI=1S/C22H24O6S2/c1-4-27-18(24)12-29-22-19-16(20(30-22)21(25)28-5-2)10-14(11-17(19)23)13-6-8-15(26-3)9-7-13/h6-9,14H,4-5,10-12H2,1-3H3. The third kappa shape index (κ3) is 4.87. The molecule has 0 saturated carbocycles. The molecule has 0 bridgehead atoms. The van der Waals surface area contributed by atoms with E-state index in [1.807, 2.05) is 24.3 Å². The van der Waals surface area contributed by atoms with Gasteiger partial charge in [0.2, 0.25) is 0 Å². The van der Waals surface area contributed by atoms with Crippen molar-refractivity contribution in [2.24, 2.45) is 0 Å². The van der Waals surface area contributed by atoms with Gasteiger partial charge in [0.25, 0.3) is 0 Å². The highest BCUT2D eigenvalue weighted by molar-refractivity contribution is 8.01. The molecular weight excluding hydrogens is 424 g/mol. The number of ketones is 1. The van der Waals surface area contributed by atoms with E-state index in [1.165, 1.54) is 23.1 Å². The molecule has 1 unspecified atom stereocenters. The van der Waals surface area contributed by atoms with Gasteiger partial charge in [0.1, 0.15) is 10.6 Å². The molecule has 1 aliphatic rings. The van der Waals surface area contributed by atoms with E-state index in [0.29, 0.717) is 34.1 Å². The topological polar surface area (TPSA) is 78.9 Å². The molecular formula is C22H24O6S2. The number of ether oxygens (including phenoxy) is 3. The fourth-order valence-electron chi connectivity index (χ4n) is 3.47. The second kappa shape index (κ2) is 10.1. The average Bonchev–Trinajstić information content (AvgIpc) is 3.12. The Morgan fingerprint density at radius 2 is 1.80 bits per heavy atom. The molecule has 0 radical (unpaired) electrons. The lowest BCUT2D eigenvalue weighted by Crippen LogP contribution is -2.20. The second-order valence-electron chi connectivity index (χ2n) is 6.69. The summed E-state index contributed by atoms with van der Waals surface area (Å²) in [5, 5.41) is 0. The van der Waals surface area contributed by atoms with Gasteiger partial charge in [-0.05, 0) is 49.4 Å². The minimum atomic E-state index is -0.426. The minimum Gasteiger partial charge on any atom is -0.497 e. The Bertz CT molecular complexity index is 932. The van der Waals surface area contributed by atoms with Crippen molar-refractivity contribution in [3.05, 3.63) is 45.8 Å². The first-order chi connectivity index (χ1) is 14.5. The first-order valence-electron chi connectivity index (χ1n) is 9.76. The van der Waals surface area contributed by atoms with E-state index in [9.17, 15) is 14.4 Å². The van der Waals surface area contributed by atoms with Crippen LogP contribution in [-0.2, 0) is 20.7 Å². The van der Waals surface area contributed by atoms with Crippen molar-refractivity contribution in [2.45, 2.75) is 36.8 Å².